The highest BCUT2D eigenvalue weighted by atomic mass is 16.6. The summed E-state index contributed by atoms with van der Waals surface area (Å²) in [5.74, 6) is -0.0642. The van der Waals surface area contributed by atoms with Gasteiger partial charge in [0.1, 0.15) is 0 Å². The molecule has 0 heterocycles. The van der Waals surface area contributed by atoms with Crippen LogP contribution in [0.2, 0.25) is 0 Å². The van der Waals surface area contributed by atoms with Gasteiger partial charge in [0.2, 0.25) is 5.91 Å². The molecule has 0 aliphatic rings. The van der Waals surface area contributed by atoms with Crippen LogP contribution in [0.4, 0.5) is 5.69 Å². The summed E-state index contributed by atoms with van der Waals surface area (Å²) in [5, 5.41) is 13.2. The zero-order valence-electron chi connectivity index (χ0n) is 10.3. The molecule has 0 aromatic heterocycles. The van der Waals surface area contributed by atoms with Crippen LogP contribution in [-0.4, -0.2) is 16.9 Å². The molecule has 1 amide bonds. The van der Waals surface area contributed by atoms with E-state index in [-0.39, 0.29) is 17.6 Å². The van der Waals surface area contributed by atoms with Crippen molar-refractivity contribution in [2.75, 3.05) is 0 Å². The van der Waals surface area contributed by atoms with Gasteiger partial charge in [-0.25, -0.2) is 0 Å². The van der Waals surface area contributed by atoms with E-state index >= 15 is 0 Å². The van der Waals surface area contributed by atoms with Gasteiger partial charge in [-0.1, -0.05) is 12.1 Å². The van der Waals surface area contributed by atoms with Crippen LogP contribution in [0.5, 0.6) is 0 Å². The average molecular weight is 251 g/mol. The van der Waals surface area contributed by atoms with Crippen molar-refractivity contribution in [2.45, 2.75) is 32.4 Å². The minimum atomic E-state index is -0.453. The van der Waals surface area contributed by atoms with Crippen molar-refractivity contribution in [3.8, 4) is 0 Å². The van der Waals surface area contributed by atoms with E-state index in [4.69, 9.17) is 5.73 Å². The van der Waals surface area contributed by atoms with Crippen LogP contribution in [0.25, 0.3) is 0 Å². The normalized spacial score (nSPS) is 11.9. The number of nitrogens with two attached hydrogens (primary N) is 1. The minimum Gasteiger partial charge on any atom is -0.352 e. The number of nitrogens with one attached hydrogen (secondary N) is 1. The molecule has 0 saturated heterocycles. The zero-order valence-corrected chi connectivity index (χ0v) is 10.3. The van der Waals surface area contributed by atoms with Crippen molar-refractivity contribution in [1.29, 1.82) is 0 Å². The molecule has 0 aliphatic heterocycles. The molecule has 0 radical (unpaired) electrons. The Bertz CT molecular complexity index is 415. The molecule has 1 rings (SSSR count). The molecular weight excluding hydrogens is 234 g/mol. The van der Waals surface area contributed by atoms with E-state index in [0.717, 1.165) is 5.56 Å². The summed E-state index contributed by atoms with van der Waals surface area (Å²) >= 11 is 0. The van der Waals surface area contributed by atoms with Crippen molar-refractivity contribution < 1.29 is 9.72 Å². The van der Waals surface area contributed by atoms with E-state index in [1.165, 1.54) is 12.1 Å². The standard InChI is InChI=1S/C12H17N3O3/c1-9(13)2-7-12(16)14-8-10-3-5-11(6-4-10)15(17)18/h3-6,9H,2,7-8,13H2,1H3,(H,14,16). The van der Waals surface area contributed by atoms with Gasteiger partial charge in [-0.3, -0.25) is 14.9 Å². The average Bonchev–Trinajstić information content (AvgIpc) is 2.34. The third-order valence-corrected chi connectivity index (χ3v) is 2.46. The monoisotopic (exact) mass is 251 g/mol. The van der Waals surface area contributed by atoms with Gasteiger partial charge in [0.15, 0.2) is 0 Å². The Labute approximate surface area is 105 Å². The molecule has 1 aromatic carbocycles. The van der Waals surface area contributed by atoms with Crippen molar-refractivity contribution >= 4 is 11.6 Å². The Hall–Kier alpha value is -1.95. The maximum Gasteiger partial charge on any atom is 0.269 e. The van der Waals surface area contributed by atoms with Gasteiger partial charge in [-0.05, 0) is 18.9 Å². The van der Waals surface area contributed by atoms with Crippen LogP contribution in [-0.2, 0) is 11.3 Å². The Morgan fingerprint density at radius 3 is 2.56 bits per heavy atom. The molecular formula is C12H17N3O3. The SMILES string of the molecule is CC(N)CCC(=O)NCc1ccc([N+](=O)[O-])cc1. The van der Waals surface area contributed by atoms with Crippen LogP contribution in [0.1, 0.15) is 25.3 Å². The third kappa shape index (κ3) is 4.92. The smallest absolute Gasteiger partial charge is 0.269 e. The summed E-state index contributed by atoms with van der Waals surface area (Å²) in [7, 11) is 0. The third-order valence-electron chi connectivity index (χ3n) is 2.46. The second-order valence-corrected chi connectivity index (χ2v) is 4.22. The van der Waals surface area contributed by atoms with Gasteiger partial charge < -0.3 is 11.1 Å². The van der Waals surface area contributed by atoms with Gasteiger partial charge >= 0.3 is 0 Å². The predicted octanol–water partition coefficient (Wildman–Crippen LogP) is 1.34. The van der Waals surface area contributed by atoms with Crippen LogP contribution in [0, 0.1) is 10.1 Å². The lowest BCUT2D eigenvalue weighted by molar-refractivity contribution is -0.384. The molecule has 18 heavy (non-hydrogen) atoms. The summed E-state index contributed by atoms with van der Waals surface area (Å²) in [6.45, 7) is 2.22. The highest BCUT2D eigenvalue weighted by molar-refractivity contribution is 5.75. The quantitative estimate of drug-likeness (QED) is 0.588. The van der Waals surface area contributed by atoms with E-state index in [9.17, 15) is 14.9 Å². The molecule has 0 spiro atoms. The summed E-state index contributed by atoms with van der Waals surface area (Å²) in [6, 6.07) is 6.11. The predicted molar refractivity (Wildman–Crippen MR) is 67.8 cm³/mol. The Balaban J connectivity index is 2.39. The minimum absolute atomic E-state index is 0.00937. The van der Waals surface area contributed by atoms with Crippen molar-refractivity contribution in [2.24, 2.45) is 5.73 Å². The number of nitro benzene ring substituents is 1. The molecule has 3 N–H and O–H groups in total. The molecule has 6 nitrogen and oxygen atoms in total. The summed E-state index contributed by atoms with van der Waals surface area (Å²) in [6.07, 6.45) is 1.04. The van der Waals surface area contributed by atoms with Crippen LogP contribution >= 0.6 is 0 Å². The first-order chi connectivity index (χ1) is 8.49. The van der Waals surface area contributed by atoms with E-state index in [1.807, 2.05) is 6.92 Å². The summed E-state index contributed by atoms with van der Waals surface area (Å²) in [5.41, 5.74) is 6.42. The fourth-order valence-electron chi connectivity index (χ4n) is 1.38. The summed E-state index contributed by atoms with van der Waals surface area (Å²) in [4.78, 5) is 21.4. The first kappa shape index (κ1) is 14.1. The lowest BCUT2D eigenvalue weighted by Gasteiger charge is -2.06. The molecule has 0 fully saturated rings. The highest BCUT2D eigenvalue weighted by Gasteiger charge is 2.06. The first-order valence-corrected chi connectivity index (χ1v) is 5.74. The number of carbonyl (C=O) groups excluding carboxylic acids is 1. The maximum absolute atomic E-state index is 11.4. The Morgan fingerprint density at radius 2 is 2.06 bits per heavy atom. The van der Waals surface area contributed by atoms with Crippen LogP contribution in [0.3, 0.4) is 0 Å². The van der Waals surface area contributed by atoms with E-state index in [0.29, 0.717) is 19.4 Å². The molecule has 1 aromatic rings. The number of hydrogen-bond acceptors (Lipinski definition) is 4. The Morgan fingerprint density at radius 1 is 1.44 bits per heavy atom. The van der Waals surface area contributed by atoms with Gasteiger partial charge in [-0.15, -0.1) is 0 Å². The van der Waals surface area contributed by atoms with Crippen molar-refractivity contribution in [3.05, 3.63) is 39.9 Å². The first-order valence-electron chi connectivity index (χ1n) is 5.74. The molecule has 1 atom stereocenters. The maximum atomic E-state index is 11.4. The van der Waals surface area contributed by atoms with Gasteiger partial charge in [0.05, 0.1) is 4.92 Å². The fraction of sp³-hybridized carbons (Fsp3) is 0.417. The van der Waals surface area contributed by atoms with E-state index < -0.39 is 4.92 Å². The van der Waals surface area contributed by atoms with Crippen LogP contribution < -0.4 is 11.1 Å². The highest BCUT2D eigenvalue weighted by Crippen LogP contribution is 2.11. The lowest BCUT2D eigenvalue weighted by Crippen LogP contribution is -2.25. The molecule has 98 valence electrons. The second-order valence-electron chi connectivity index (χ2n) is 4.22. The Kier molecular flexibility index (Phi) is 5.26. The largest absolute Gasteiger partial charge is 0.352 e. The molecule has 6 heteroatoms. The number of benzene rings is 1. The fourth-order valence-corrected chi connectivity index (χ4v) is 1.38. The number of rotatable bonds is 6. The van der Waals surface area contributed by atoms with Gasteiger partial charge in [0, 0.05) is 31.1 Å². The van der Waals surface area contributed by atoms with Crippen LogP contribution in [0.15, 0.2) is 24.3 Å². The number of non-ortho nitro benzene ring substituents is 1. The van der Waals surface area contributed by atoms with Crippen molar-refractivity contribution in [1.82, 2.24) is 5.32 Å². The zero-order chi connectivity index (χ0) is 13.5. The number of nitrogens with zero attached hydrogens (tertiary/aromatic N) is 1. The molecule has 0 saturated carbocycles. The number of nitro groups is 1. The second kappa shape index (κ2) is 6.70. The van der Waals surface area contributed by atoms with E-state index in [1.54, 1.807) is 12.1 Å². The molecule has 1 unspecified atom stereocenters. The number of amides is 1. The topological polar surface area (TPSA) is 98.3 Å². The molecule has 0 bridgehead atoms. The lowest BCUT2D eigenvalue weighted by atomic mass is 10.1. The summed E-state index contributed by atoms with van der Waals surface area (Å²) < 4.78 is 0. The van der Waals surface area contributed by atoms with Gasteiger partial charge in [-0.2, -0.15) is 0 Å². The number of carbonyl (C=O) groups is 1. The van der Waals surface area contributed by atoms with Crippen molar-refractivity contribution in [3.63, 3.8) is 0 Å². The van der Waals surface area contributed by atoms with E-state index in [2.05, 4.69) is 5.32 Å². The molecule has 0 aliphatic carbocycles. The van der Waals surface area contributed by atoms with Gasteiger partial charge in [0.25, 0.3) is 5.69 Å². The number of hydrogen-bond donors (Lipinski definition) is 2.